The first-order valence-electron chi connectivity index (χ1n) is 4.25. The summed E-state index contributed by atoms with van der Waals surface area (Å²) in [5, 5.41) is 10.9. The predicted octanol–water partition coefficient (Wildman–Crippen LogP) is 0.657. The van der Waals surface area contributed by atoms with Crippen LogP contribution in [0.4, 0.5) is 0 Å². The average Bonchev–Trinajstić information content (AvgIpc) is 2.62. The topological polar surface area (TPSA) is 60.7 Å². The number of tetrazole rings is 1. The van der Waals surface area contributed by atoms with Gasteiger partial charge in [-0.3, -0.25) is 4.79 Å². The number of hydrogen-bond donors (Lipinski definition) is 0. The van der Waals surface area contributed by atoms with Crippen LogP contribution in [0.25, 0.3) is 5.70 Å². The van der Waals surface area contributed by atoms with Crippen molar-refractivity contribution < 1.29 is 4.79 Å². The molecule has 0 fully saturated rings. The zero-order valence-electron chi connectivity index (χ0n) is 7.40. The van der Waals surface area contributed by atoms with Crippen LogP contribution in [0.15, 0.2) is 11.9 Å². The molecule has 0 saturated carbocycles. The third kappa shape index (κ3) is 1.37. The van der Waals surface area contributed by atoms with E-state index in [0.717, 1.165) is 24.1 Å². The van der Waals surface area contributed by atoms with E-state index in [1.54, 1.807) is 4.68 Å². The summed E-state index contributed by atoms with van der Waals surface area (Å²) in [7, 11) is 0. The van der Waals surface area contributed by atoms with Gasteiger partial charge in [-0.25, -0.2) is 4.68 Å². The molecular weight excluding hydrogens is 168 g/mol. The maximum Gasteiger partial charge on any atom is 0.160 e. The Balaban J connectivity index is 2.42. The Hall–Kier alpha value is -1.52. The van der Waals surface area contributed by atoms with Gasteiger partial charge in [0.1, 0.15) is 6.33 Å². The molecule has 1 aliphatic carbocycles. The molecule has 68 valence electrons. The van der Waals surface area contributed by atoms with Crippen LogP contribution in [0, 0.1) is 0 Å². The maximum absolute atomic E-state index is 11.4. The van der Waals surface area contributed by atoms with Gasteiger partial charge in [0.15, 0.2) is 5.78 Å². The van der Waals surface area contributed by atoms with Gasteiger partial charge >= 0.3 is 0 Å². The summed E-state index contributed by atoms with van der Waals surface area (Å²) in [4.78, 5) is 11.4. The van der Waals surface area contributed by atoms with E-state index in [1.165, 1.54) is 6.33 Å². The van der Waals surface area contributed by atoms with Crippen molar-refractivity contribution >= 4 is 11.5 Å². The maximum atomic E-state index is 11.4. The second-order valence-electron chi connectivity index (χ2n) is 3.10. The highest BCUT2D eigenvalue weighted by Crippen LogP contribution is 2.24. The Morgan fingerprint density at radius 2 is 2.31 bits per heavy atom. The van der Waals surface area contributed by atoms with Gasteiger partial charge in [0, 0.05) is 12.0 Å². The molecule has 0 unspecified atom stereocenters. The van der Waals surface area contributed by atoms with E-state index >= 15 is 0 Å². The quantitative estimate of drug-likeness (QED) is 0.633. The number of carbonyl (C=O) groups excluding carboxylic acids is 1. The monoisotopic (exact) mass is 178 g/mol. The Labute approximate surface area is 75.4 Å². The Morgan fingerprint density at radius 1 is 1.46 bits per heavy atom. The fraction of sp³-hybridized carbons (Fsp3) is 0.500. The first-order chi connectivity index (χ1) is 6.29. The number of allylic oxidation sites excluding steroid dienone is 2. The summed E-state index contributed by atoms with van der Waals surface area (Å²) in [6.45, 7) is 1.83. The molecule has 0 aliphatic heterocycles. The Kier molecular flexibility index (Phi) is 1.92. The van der Waals surface area contributed by atoms with Gasteiger partial charge in [-0.2, -0.15) is 0 Å². The molecule has 5 nitrogen and oxygen atoms in total. The largest absolute Gasteiger partial charge is 0.294 e. The van der Waals surface area contributed by atoms with Gasteiger partial charge in [-0.05, 0) is 30.2 Å². The van der Waals surface area contributed by atoms with E-state index in [9.17, 15) is 4.79 Å². The lowest BCUT2D eigenvalue weighted by Gasteiger charge is -2.15. The number of aromatic nitrogens is 4. The van der Waals surface area contributed by atoms with E-state index < -0.39 is 0 Å². The summed E-state index contributed by atoms with van der Waals surface area (Å²) in [5.41, 5.74) is 1.72. The van der Waals surface area contributed by atoms with Gasteiger partial charge in [0.25, 0.3) is 0 Å². The fourth-order valence-electron chi connectivity index (χ4n) is 1.52. The van der Waals surface area contributed by atoms with Crippen molar-refractivity contribution in [3.8, 4) is 0 Å². The van der Waals surface area contributed by atoms with E-state index in [1.807, 2.05) is 6.92 Å². The average molecular weight is 178 g/mol. The second kappa shape index (κ2) is 3.08. The molecule has 0 saturated heterocycles. The molecule has 0 aromatic carbocycles. The van der Waals surface area contributed by atoms with Crippen molar-refractivity contribution in [1.82, 2.24) is 20.2 Å². The smallest absolute Gasteiger partial charge is 0.160 e. The molecule has 1 heterocycles. The molecule has 13 heavy (non-hydrogen) atoms. The van der Waals surface area contributed by atoms with Crippen molar-refractivity contribution in [1.29, 1.82) is 0 Å². The van der Waals surface area contributed by atoms with Gasteiger partial charge in [-0.1, -0.05) is 0 Å². The minimum atomic E-state index is 0.205. The number of hydrogen-bond acceptors (Lipinski definition) is 4. The van der Waals surface area contributed by atoms with Crippen molar-refractivity contribution in [3.05, 3.63) is 11.9 Å². The van der Waals surface area contributed by atoms with Crippen LogP contribution in [0.1, 0.15) is 26.2 Å². The van der Waals surface area contributed by atoms with Gasteiger partial charge < -0.3 is 0 Å². The zero-order chi connectivity index (χ0) is 9.26. The number of carbonyl (C=O) groups is 1. The van der Waals surface area contributed by atoms with E-state index in [2.05, 4.69) is 15.5 Å². The van der Waals surface area contributed by atoms with Crippen molar-refractivity contribution in [3.63, 3.8) is 0 Å². The summed E-state index contributed by atoms with van der Waals surface area (Å²) >= 11 is 0. The molecule has 1 aliphatic rings. The van der Waals surface area contributed by atoms with Crippen molar-refractivity contribution in [2.75, 3.05) is 0 Å². The van der Waals surface area contributed by atoms with Crippen LogP contribution in [0.3, 0.4) is 0 Å². The molecule has 0 radical (unpaired) electrons. The highest BCUT2D eigenvalue weighted by Gasteiger charge is 2.18. The first-order valence-corrected chi connectivity index (χ1v) is 4.25. The van der Waals surface area contributed by atoms with Gasteiger partial charge in [0.2, 0.25) is 0 Å². The van der Waals surface area contributed by atoms with Gasteiger partial charge in [0.05, 0.1) is 5.70 Å². The molecule has 0 atom stereocenters. The third-order valence-electron chi connectivity index (χ3n) is 2.29. The van der Waals surface area contributed by atoms with Crippen LogP contribution in [-0.4, -0.2) is 26.0 Å². The summed E-state index contributed by atoms with van der Waals surface area (Å²) in [5.74, 6) is 0.205. The van der Waals surface area contributed by atoms with E-state index in [-0.39, 0.29) is 5.78 Å². The van der Waals surface area contributed by atoms with E-state index in [0.29, 0.717) is 6.42 Å². The molecule has 2 rings (SSSR count). The van der Waals surface area contributed by atoms with Crippen molar-refractivity contribution in [2.24, 2.45) is 0 Å². The third-order valence-corrected chi connectivity index (χ3v) is 2.29. The van der Waals surface area contributed by atoms with Gasteiger partial charge in [-0.15, -0.1) is 5.10 Å². The normalized spacial score (nSPS) is 18.1. The Bertz CT molecular complexity index is 352. The molecule has 5 heteroatoms. The first kappa shape index (κ1) is 8.10. The summed E-state index contributed by atoms with van der Waals surface area (Å²) < 4.78 is 1.58. The summed E-state index contributed by atoms with van der Waals surface area (Å²) in [6.07, 6.45) is 3.95. The minimum Gasteiger partial charge on any atom is -0.294 e. The standard InChI is InChI=1S/C8H10N4O/c1-6-7(3-2-4-8(6)13)12-5-9-10-11-12/h5H,2-4H2,1H3. The second-order valence-corrected chi connectivity index (χ2v) is 3.10. The van der Waals surface area contributed by atoms with Crippen LogP contribution >= 0.6 is 0 Å². The lowest BCUT2D eigenvalue weighted by atomic mass is 9.96. The zero-order valence-corrected chi connectivity index (χ0v) is 7.40. The van der Waals surface area contributed by atoms with Crippen LogP contribution in [0.2, 0.25) is 0 Å². The number of nitrogens with zero attached hydrogens (tertiary/aromatic N) is 4. The highest BCUT2D eigenvalue weighted by molar-refractivity contribution is 6.00. The lowest BCUT2D eigenvalue weighted by molar-refractivity contribution is -0.115. The number of rotatable bonds is 1. The fourth-order valence-corrected chi connectivity index (χ4v) is 1.52. The van der Waals surface area contributed by atoms with Crippen LogP contribution in [0.5, 0.6) is 0 Å². The predicted molar refractivity (Wildman–Crippen MR) is 45.6 cm³/mol. The minimum absolute atomic E-state index is 0.205. The molecule has 1 aromatic heterocycles. The number of Topliss-reactive ketones (excluding diaryl/α,β-unsaturated/α-hetero) is 1. The lowest BCUT2D eigenvalue weighted by Crippen LogP contribution is -2.13. The van der Waals surface area contributed by atoms with Crippen LogP contribution < -0.4 is 0 Å². The SMILES string of the molecule is CC1=C(n2cnnn2)CCCC1=O. The highest BCUT2D eigenvalue weighted by atomic mass is 16.1. The molecule has 0 bridgehead atoms. The summed E-state index contributed by atoms with van der Waals surface area (Å²) in [6, 6.07) is 0. The molecule has 0 N–H and O–H groups in total. The van der Waals surface area contributed by atoms with E-state index in [4.69, 9.17) is 0 Å². The Morgan fingerprint density at radius 3 is 3.00 bits per heavy atom. The molecular formula is C8H10N4O. The van der Waals surface area contributed by atoms with Crippen molar-refractivity contribution in [2.45, 2.75) is 26.2 Å². The molecule has 0 amide bonds. The van der Waals surface area contributed by atoms with Crippen LogP contribution in [-0.2, 0) is 4.79 Å². The molecule has 0 spiro atoms. The number of ketones is 1. The molecule has 1 aromatic rings.